The molecule has 1 aromatic heterocycles. The molecule has 1 aliphatic heterocycles. The highest BCUT2D eigenvalue weighted by Gasteiger charge is 2.31. The molecule has 7 heteroatoms. The van der Waals surface area contributed by atoms with Crippen LogP contribution in [0, 0.1) is 5.82 Å². The molecule has 32 heavy (non-hydrogen) atoms. The van der Waals surface area contributed by atoms with E-state index in [1.807, 2.05) is 37.3 Å². The van der Waals surface area contributed by atoms with E-state index in [2.05, 4.69) is 26.6 Å². The van der Waals surface area contributed by atoms with Crippen molar-refractivity contribution in [2.45, 2.75) is 19.0 Å². The van der Waals surface area contributed by atoms with E-state index in [1.165, 1.54) is 10.9 Å². The summed E-state index contributed by atoms with van der Waals surface area (Å²) in [5.74, 6) is 0.349. The van der Waals surface area contributed by atoms with Gasteiger partial charge in [-0.2, -0.15) is 0 Å². The summed E-state index contributed by atoms with van der Waals surface area (Å²) in [6.45, 7) is 5.09. The molecule has 1 saturated heterocycles. The zero-order valence-corrected chi connectivity index (χ0v) is 19.1. The number of rotatable bonds is 7. The number of piperazine rings is 1. The number of amides is 1. The van der Waals surface area contributed by atoms with E-state index in [0.29, 0.717) is 17.0 Å². The molecule has 0 saturated carbocycles. The lowest BCUT2D eigenvalue weighted by molar-refractivity contribution is 0.0890. The maximum absolute atomic E-state index is 14.2. The van der Waals surface area contributed by atoms with Crippen molar-refractivity contribution < 1.29 is 13.9 Å². The van der Waals surface area contributed by atoms with Crippen LogP contribution < -0.4 is 15.0 Å². The second-order valence-corrected chi connectivity index (χ2v) is 8.91. The molecule has 0 unspecified atom stereocenters. The number of nitrogens with zero attached hydrogens (tertiary/aromatic N) is 2. The van der Waals surface area contributed by atoms with Gasteiger partial charge in [0.05, 0.1) is 18.8 Å². The summed E-state index contributed by atoms with van der Waals surface area (Å²) in [5.41, 5.74) is 1.23. The zero-order chi connectivity index (χ0) is 22.5. The van der Waals surface area contributed by atoms with Gasteiger partial charge < -0.3 is 15.0 Å². The monoisotopic (exact) mass is 453 g/mol. The van der Waals surface area contributed by atoms with E-state index in [-0.39, 0.29) is 23.8 Å². The van der Waals surface area contributed by atoms with Crippen LogP contribution in [0.4, 0.5) is 10.1 Å². The Morgan fingerprint density at radius 3 is 2.53 bits per heavy atom. The first kappa shape index (κ1) is 22.3. The first-order valence-electron chi connectivity index (χ1n) is 10.8. The lowest BCUT2D eigenvalue weighted by Gasteiger charge is -2.42. The third kappa shape index (κ3) is 4.95. The number of carbonyl (C=O) groups is 1. The Labute approximate surface area is 192 Å². The first-order valence-corrected chi connectivity index (χ1v) is 11.7. The van der Waals surface area contributed by atoms with Crippen molar-refractivity contribution in [2.75, 3.05) is 38.2 Å². The van der Waals surface area contributed by atoms with Crippen LogP contribution in [0.25, 0.3) is 0 Å². The number of nitrogens with one attached hydrogen (secondary N) is 1. The molecular weight excluding hydrogens is 425 g/mol. The minimum absolute atomic E-state index is 0.0485. The van der Waals surface area contributed by atoms with E-state index in [1.54, 1.807) is 36.6 Å². The lowest BCUT2D eigenvalue weighted by Crippen LogP contribution is -2.52. The number of para-hydroxylation sites is 1. The number of benzene rings is 2. The van der Waals surface area contributed by atoms with Gasteiger partial charge in [0.2, 0.25) is 0 Å². The number of carbonyl (C=O) groups excluding carboxylic acids is 1. The Morgan fingerprint density at radius 1 is 1.06 bits per heavy atom. The summed E-state index contributed by atoms with van der Waals surface area (Å²) >= 11 is 1.70. The molecule has 1 fully saturated rings. The van der Waals surface area contributed by atoms with Crippen LogP contribution in [0.1, 0.15) is 28.2 Å². The minimum atomic E-state index is -0.185. The Balaban J connectivity index is 1.47. The molecule has 168 valence electrons. The molecule has 0 aliphatic carbocycles. The van der Waals surface area contributed by atoms with Crippen molar-refractivity contribution in [3.8, 4) is 5.75 Å². The van der Waals surface area contributed by atoms with Gasteiger partial charge in [0, 0.05) is 42.7 Å². The maximum atomic E-state index is 14.2. The molecule has 4 rings (SSSR count). The fourth-order valence-electron chi connectivity index (χ4n) is 4.28. The van der Waals surface area contributed by atoms with Crippen molar-refractivity contribution in [1.29, 1.82) is 0 Å². The largest absolute Gasteiger partial charge is 0.497 e. The predicted molar refractivity (Wildman–Crippen MR) is 127 cm³/mol. The van der Waals surface area contributed by atoms with Crippen LogP contribution in [0.3, 0.4) is 0 Å². The van der Waals surface area contributed by atoms with Crippen molar-refractivity contribution in [3.63, 3.8) is 0 Å². The van der Waals surface area contributed by atoms with E-state index in [4.69, 9.17) is 4.74 Å². The van der Waals surface area contributed by atoms with Gasteiger partial charge in [0.15, 0.2) is 0 Å². The van der Waals surface area contributed by atoms with E-state index >= 15 is 0 Å². The number of ether oxygens (including phenoxy) is 1. The molecule has 2 atom stereocenters. The first-order chi connectivity index (χ1) is 15.6. The highest BCUT2D eigenvalue weighted by molar-refractivity contribution is 7.10. The average Bonchev–Trinajstić information content (AvgIpc) is 3.34. The number of halogens is 1. The summed E-state index contributed by atoms with van der Waals surface area (Å²) in [7, 11) is 1.59. The molecular formula is C25H28FN3O2S. The van der Waals surface area contributed by atoms with Crippen LogP contribution in [0.5, 0.6) is 5.75 Å². The van der Waals surface area contributed by atoms with Crippen LogP contribution in [-0.4, -0.2) is 50.1 Å². The third-order valence-corrected chi connectivity index (χ3v) is 6.84. The van der Waals surface area contributed by atoms with Gasteiger partial charge in [-0.25, -0.2) is 4.39 Å². The molecule has 2 aromatic carbocycles. The molecule has 2 heterocycles. The highest BCUT2D eigenvalue weighted by atomic mass is 32.1. The van der Waals surface area contributed by atoms with Gasteiger partial charge in [0.25, 0.3) is 5.91 Å². The highest BCUT2D eigenvalue weighted by Crippen LogP contribution is 2.31. The molecule has 1 N–H and O–H groups in total. The second-order valence-electron chi connectivity index (χ2n) is 7.93. The second kappa shape index (κ2) is 10.1. The summed E-state index contributed by atoms with van der Waals surface area (Å²) in [6.07, 6.45) is 0. The van der Waals surface area contributed by atoms with Gasteiger partial charge in [-0.1, -0.05) is 24.3 Å². The minimum Gasteiger partial charge on any atom is -0.497 e. The van der Waals surface area contributed by atoms with Crippen molar-refractivity contribution >= 4 is 22.9 Å². The van der Waals surface area contributed by atoms with Gasteiger partial charge >= 0.3 is 0 Å². The Kier molecular flexibility index (Phi) is 7.07. The van der Waals surface area contributed by atoms with Crippen molar-refractivity contribution in [1.82, 2.24) is 10.2 Å². The smallest absolute Gasteiger partial charge is 0.251 e. The molecule has 0 radical (unpaired) electrons. The molecule has 0 spiro atoms. The average molecular weight is 454 g/mol. The van der Waals surface area contributed by atoms with Gasteiger partial charge in [0.1, 0.15) is 11.6 Å². The van der Waals surface area contributed by atoms with E-state index in [9.17, 15) is 9.18 Å². The zero-order valence-electron chi connectivity index (χ0n) is 18.3. The predicted octanol–water partition coefficient (Wildman–Crippen LogP) is 4.58. The molecule has 3 aromatic rings. The standard InChI is InChI=1S/C25H28FN3O2S/c1-18(27-25(30)19-7-5-8-20(17-19)31-2)24(23-11-6-16-32-23)29-14-12-28(13-15-29)22-10-4-3-9-21(22)26/h3-11,16-18,24H,12-15H2,1-2H3,(H,27,30)/t18-,24+/m1/s1. The Morgan fingerprint density at radius 2 is 1.84 bits per heavy atom. The van der Waals surface area contributed by atoms with E-state index in [0.717, 1.165) is 26.2 Å². The Bertz CT molecular complexity index is 1040. The van der Waals surface area contributed by atoms with Crippen molar-refractivity contribution in [3.05, 3.63) is 82.3 Å². The van der Waals surface area contributed by atoms with Gasteiger partial charge in [-0.05, 0) is 48.7 Å². The van der Waals surface area contributed by atoms with Crippen LogP contribution in [0.2, 0.25) is 0 Å². The summed E-state index contributed by atoms with van der Waals surface area (Å²) in [4.78, 5) is 18.6. The molecule has 0 bridgehead atoms. The fourth-order valence-corrected chi connectivity index (χ4v) is 5.25. The maximum Gasteiger partial charge on any atom is 0.251 e. The number of hydrogen-bond acceptors (Lipinski definition) is 5. The van der Waals surface area contributed by atoms with Crippen LogP contribution in [0.15, 0.2) is 66.0 Å². The molecule has 5 nitrogen and oxygen atoms in total. The normalized spacial score (nSPS) is 16.4. The van der Waals surface area contributed by atoms with E-state index < -0.39 is 0 Å². The van der Waals surface area contributed by atoms with Crippen LogP contribution >= 0.6 is 11.3 Å². The lowest BCUT2D eigenvalue weighted by atomic mass is 10.0. The number of hydrogen-bond donors (Lipinski definition) is 1. The Hall–Kier alpha value is -2.90. The quantitative estimate of drug-likeness (QED) is 0.569. The fraction of sp³-hybridized carbons (Fsp3) is 0.320. The summed E-state index contributed by atoms with van der Waals surface area (Å²) in [5, 5.41) is 5.25. The molecule has 1 amide bonds. The number of thiophene rings is 1. The van der Waals surface area contributed by atoms with Crippen LogP contribution in [-0.2, 0) is 0 Å². The summed E-state index contributed by atoms with van der Waals surface area (Å²) in [6, 6.07) is 18.2. The summed E-state index contributed by atoms with van der Waals surface area (Å²) < 4.78 is 19.5. The third-order valence-electron chi connectivity index (χ3n) is 5.90. The van der Waals surface area contributed by atoms with Gasteiger partial charge in [-0.3, -0.25) is 9.69 Å². The molecule has 1 aliphatic rings. The van der Waals surface area contributed by atoms with Gasteiger partial charge in [-0.15, -0.1) is 11.3 Å². The SMILES string of the molecule is COc1cccc(C(=O)N[C@H](C)[C@@H](c2cccs2)N2CCN(c3ccccc3F)CC2)c1. The number of methoxy groups -OCH3 is 1. The topological polar surface area (TPSA) is 44.8 Å². The van der Waals surface area contributed by atoms with Crippen molar-refractivity contribution in [2.24, 2.45) is 0 Å². The number of anilines is 1.